The van der Waals surface area contributed by atoms with Gasteiger partial charge in [-0.2, -0.15) is 4.39 Å². The number of aliphatic imine (C=N–C) groups is 1. The molecule has 3 heterocycles. The third-order valence-electron chi connectivity index (χ3n) is 3.91. The number of halogens is 2. The van der Waals surface area contributed by atoms with Crippen LogP contribution < -0.4 is 4.90 Å². The number of anilines is 1. The summed E-state index contributed by atoms with van der Waals surface area (Å²) < 4.78 is 15.2. The monoisotopic (exact) mass is 386 g/mol. The number of hydrogen-bond donors (Lipinski definition) is 0. The maximum atomic E-state index is 13.4. The fraction of sp³-hybridized carbons (Fsp3) is 0.263. The zero-order valence-corrected chi connectivity index (χ0v) is 15.9. The molecular formula is C19H20ClFN6. The van der Waals surface area contributed by atoms with Gasteiger partial charge in [0.05, 0.1) is 6.54 Å². The molecule has 0 atom stereocenters. The van der Waals surface area contributed by atoms with E-state index in [9.17, 15) is 4.39 Å². The van der Waals surface area contributed by atoms with Crippen molar-refractivity contribution in [3.05, 3.63) is 53.8 Å². The van der Waals surface area contributed by atoms with Gasteiger partial charge in [-0.25, -0.2) is 15.0 Å². The molecule has 0 radical (unpaired) electrons. The molecule has 0 N–H and O–H groups in total. The van der Waals surface area contributed by atoms with E-state index in [4.69, 9.17) is 11.6 Å². The Morgan fingerprint density at radius 2 is 2.11 bits per heavy atom. The van der Waals surface area contributed by atoms with Crippen molar-refractivity contribution < 1.29 is 4.39 Å². The lowest BCUT2D eigenvalue weighted by Gasteiger charge is -2.19. The van der Waals surface area contributed by atoms with Crippen molar-refractivity contribution in [2.24, 2.45) is 4.99 Å². The molecule has 0 unspecified atom stereocenters. The fourth-order valence-electron chi connectivity index (χ4n) is 2.69. The summed E-state index contributed by atoms with van der Waals surface area (Å²) in [6.07, 6.45) is 6.21. The average Bonchev–Trinajstić information content (AvgIpc) is 3.11. The van der Waals surface area contributed by atoms with Crippen LogP contribution in [-0.2, 0) is 6.54 Å². The van der Waals surface area contributed by atoms with E-state index >= 15 is 0 Å². The van der Waals surface area contributed by atoms with Gasteiger partial charge in [0, 0.05) is 32.2 Å². The van der Waals surface area contributed by atoms with Crippen molar-refractivity contribution in [1.29, 1.82) is 0 Å². The minimum absolute atomic E-state index is 0.431. The van der Waals surface area contributed by atoms with Gasteiger partial charge in [0.25, 0.3) is 0 Å². The maximum Gasteiger partial charge on any atom is 0.213 e. The topological polar surface area (TPSA) is 59.2 Å². The number of imidazole rings is 1. The molecule has 0 aliphatic carbocycles. The Kier molecular flexibility index (Phi) is 6.13. The van der Waals surface area contributed by atoms with Crippen LogP contribution >= 0.6 is 11.6 Å². The van der Waals surface area contributed by atoms with E-state index in [2.05, 4.69) is 26.9 Å². The smallest absolute Gasteiger partial charge is 0.213 e. The van der Waals surface area contributed by atoms with Crippen molar-refractivity contribution in [2.75, 3.05) is 18.5 Å². The van der Waals surface area contributed by atoms with Crippen molar-refractivity contribution in [1.82, 2.24) is 19.5 Å². The molecule has 140 valence electrons. The average molecular weight is 387 g/mol. The van der Waals surface area contributed by atoms with Crippen molar-refractivity contribution in [3.8, 4) is 11.5 Å². The van der Waals surface area contributed by atoms with Crippen LogP contribution in [0.3, 0.4) is 0 Å². The fourth-order valence-corrected chi connectivity index (χ4v) is 2.83. The zero-order chi connectivity index (χ0) is 19.2. The van der Waals surface area contributed by atoms with Gasteiger partial charge in [0.15, 0.2) is 11.6 Å². The van der Waals surface area contributed by atoms with E-state index in [1.165, 1.54) is 6.07 Å². The Balaban J connectivity index is 1.81. The Morgan fingerprint density at radius 1 is 1.26 bits per heavy atom. The van der Waals surface area contributed by atoms with Crippen LogP contribution in [0.5, 0.6) is 0 Å². The second kappa shape index (κ2) is 8.73. The zero-order valence-electron chi connectivity index (χ0n) is 15.2. The molecule has 0 saturated heterocycles. The molecule has 0 aliphatic heterocycles. The van der Waals surface area contributed by atoms with Crippen molar-refractivity contribution in [2.45, 2.75) is 19.9 Å². The van der Waals surface area contributed by atoms with Gasteiger partial charge in [0.1, 0.15) is 16.5 Å². The quantitative estimate of drug-likeness (QED) is 0.446. The maximum absolute atomic E-state index is 13.4. The van der Waals surface area contributed by atoms with Gasteiger partial charge in [-0.15, -0.1) is 0 Å². The van der Waals surface area contributed by atoms with Gasteiger partial charge in [-0.3, -0.25) is 4.99 Å². The summed E-state index contributed by atoms with van der Waals surface area (Å²) in [7, 11) is 1.96. The molecule has 0 fully saturated rings. The highest BCUT2D eigenvalue weighted by Gasteiger charge is 2.10. The predicted molar refractivity (Wildman–Crippen MR) is 106 cm³/mol. The minimum atomic E-state index is -0.536. The third-order valence-corrected chi connectivity index (χ3v) is 4.12. The second-order valence-corrected chi connectivity index (χ2v) is 6.35. The van der Waals surface area contributed by atoms with Crippen LogP contribution in [0.1, 0.15) is 13.3 Å². The Hall–Kier alpha value is -2.80. The molecule has 0 aliphatic rings. The normalized spacial score (nSPS) is 11.3. The largest absolute Gasteiger partial charge is 0.358 e. The van der Waals surface area contributed by atoms with E-state index in [1.54, 1.807) is 36.8 Å². The molecule has 0 amide bonds. The first-order valence-electron chi connectivity index (χ1n) is 8.62. The van der Waals surface area contributed by atoms with Gasteiger partial charge in [-0.05, 0) is 30.7 Å². The van der Waals surface area contributed by atoms with Crippen molar-refractivity contribution >= 4 is 29.3 Å². The number of aromatic nitrogens is 4. The second-order valence-electron chi connectivity index (χ2n) is 5.96. The summed E-state index contributed by atoms with van der Waals surface area (Å²) in [6, 6.07) is 8.20. The molecule has 0 aromatic carbocycles. The van der Waals surface area contributed by atoms with E-state index in [-0.39, 0.29) is 0 Å². The molecule has 0 saturated carbocycles. The molecular weight excluding hydrogens is 367 g/mol. The molecule has 3 rings (SSSR count). The first-order valence-corrected chi connectivity index (χ1v) is 9.00. The molecule has 6 nitrogen and oxygen atoms in total. The number of hydrogen-bond acceptors (Lipinski definition) is 5. The molecule has 0 bridgehead atoms. The molecule has 3 aromatic heterocycles. The summed E-state index contributed by atoms with van der Waals surface area (Å²) in [5.41, 5.74) is 1.21. The lowest BCUT2D eigenvalue weighted by Crippen LogP contribution is -2.19. The SMILES string of the molecule is CCCN(C)c1nc(Cl)ccc1N=CCn1ccnc1-c1cccc(F)n1. The predicted octanol–water partition coefficient (Wildman–Crippen LogP) is 4.38. The standard InChI is InChI=1S/C19H20ClFN6/c1-3-11-26(2)19-14(7-8-16(20)25-19)22-9-12-27-13-10-23-18(27)15-5-4-6-17(21)24-15/h4-10,13H,3,11-12H2,1-2H3. The van der Waals surface area contributed by atoms with Crippen LogP contribution in [0.2, 0.25) is 5.15 Å². The summed E-state index contributed by atoms with van der Waals surface area (Å²) in [5.74, 6) is 0.781. The molecule has 3 aromatic rings. The Bertz CT molecular complexity index is 939. The van der Waals surface area contributed by atoms with E-state index in [1.807, 2.05) is 22.6 Å². The molecule has 27 heavy (non-hydrogen) atoms. The van der Waals surface area contributed by atoms with Gasteiger partial charge >= 0.3 is 0 Å². The molecule has 0 spiro atoms. The minimum Gasteiger partial charge on any atom is -0.358 e. The van der Waals surface area contributed by atoms with Gasteiger partial charge in [0.2, 0.25) is 5.95 Å². The number of nitrogens with zero attached hydrogens (tertiary/aromatic N) is 6. The number of pyridine rings is 2. The number of rotatable bonds is 7. The third kappa shape index (κ3) is 4.68. The summed E-state index contributed by atoms with van der Waals surface area (Å²) in [4.78, 5) is 19.1. The lowest BCUT2D eigenvalue weighted by atomic mass is 10.3. The lowest BCUT2D eigenvalue weighted by molar-refractivity contribution is 0.584. The summed E-state index contributed by atoms with van der Waals surface area (Å²) >= 11 is 6.04. The van der Waals surface area contributed by atoms with E-state index in [0.29, 0.717) is 23.2 Å². The first kappa shape index (κ1) is 19.0. The summed E-state index contributed by atoms with van der Waals surface area (Å²) in [6.45, 7) is 3.42. The van der Waals surface area contributed by atoms with Crippen LogP contribution in [0, 0.1) is 5.95 Å². The highest BCUT2D eigenvalue weighted by atomic mass is 35.5. The van der Waals surface area contributed by atoms with E-state index < -0.39 is 5.95 Å². The Labute approximate surface area is 162 Å². The molecule has 8 heteroatoms. The highest BCUT2D eigenvalue weighted by Crippen LogP contribution is 2.27. The van der Waals surface area contributed by atoms with Crippen LogP contribution in [0.25, 0.3) is 11.5 Å². The first-order chi connectivity index (χ1) is 13.1. The van der Waals surface area contributed by atoms with Crippen LogP contribution in [-0.4, -0.2) is 39.3 Å². The summed E-state index contributed by atoms with van der Waals surface area (Å²) in [5, 5.41) is 0.431. The van der Waals surface area contributed by atoms with Gasteiger partial charge in [-0.1, -0.05) is 24.6 Å². The van der Waals surface area contributed by atoms with Crippen LogP contribution in [0.4, 0.5) is 15.9 Å². The van der Waals surface area contributed by atoms with Gasteiger partial charge < -0.3 is 9.47 Å². The van der Waals surface area contributed by atoms with Crippen LogP contribution in [0.15, 0.2) is 47.7 Å². The Morgan fingerprint density at radius 3 is 2.89 bits per heavy atom. The highest BCUT2D eigenvalue weighted by molar-refractivity contribution is 6.29. The van der Waals surface area contributed by atoms with E-state index in [0.717, 1.165) is 24.5 Å². The van der Waals surface area contributed by atoms with Crippen molar-refractivity contribution in [3.63, 3.8) is 0 Å².